The van der Waals surface area contributed by atoms with Crippen molar-refractivity contribution in [2.45, 2.75) is 18.6 Å². The molecule has 0 bridgehead atoms. The Bertz CT molecular complexity index is 854. The molecule has 0 radical (unpaired) electrons. The van der Waals surface area contributed by atoms with E-state index >= 15 is 0 Å². The summed E-state index contributed by atoms with van der Waals surface area (Å²) >= 11 is 9.58. The average molecular weight is 453 g/mol. The van der Waals surface area contributed by atoms with Crippen molar-refractivity contribution in [3.63, 3.8) is 0 Å². The summed E-state index contributed by atoms with van der Waals surface area (Å²) in [6.07, 6.45) is 1.44. The average Bonchev–Trinajstić information content (AvgIpc) is 2.89. The topological polar surface area (TPSA) is 48.0 Å². The molecule has 7 heteroatoms. The van der Waals surface area contributed by atoms with Gasteiger partial charge in [-0.2, -0.15) is 0 Å². The van der Waals surface area contributed by atoms with E-state index in [9.17, 15) is 4.79 Å². The van der Waals surface area contributed by atoms with Crippen molar-refractivity contribution in [3.8, 4) is 5.75 Å². The van der Waals surface area contributed by atoms with Crippen LogP contribution in [-0.2, 0) is 20.1 Å². The molecule has 2 aliphatic rings. The number of halogens is 2. The van der Waals surface area contributed by atoms with Crippen molar-refractivity contribution in [1.29, 1.82) is 0 Å². The smallest absolute Gasteiger partial charge is 0.292 e. The molecule has 2 heterocycles. The Morgan fingerprint density at radius 3 is 2.74 bits per heavy atom. The van der Waals surface area contributed by atoms with Gasteiger partial charge in [-0.05, 0) is 43.2 Å². The van der Waals surface area contributed by atoms with Crippen LogP contribution in [0.15, 0.2) is 46.9 Å². The molecule has 0 unspecified atom stereocenters. The summed E-state index contributed by atoms with van der Waals surface area (Å²) in [5.74, 6) is -0.847. The van der Waals surface area contributed by atoms with Crippen LogP contribution >= 0.6 is 27.5 Å². The van der Waals surface area contributed by atoms with Gasteiger partial charge in [0.15, 0.2) is 0 Å². The largest absolute Gasteiger partial charge is 0.492 e. The minimum absolute atomic E-state index is 0.173. The fraction of sp³-hybridized carbons (Fsp3) is 0.350. The van der Waals surface area contributed by atoms with Gasteiger partial charge in [0.05, 0.1) is 30.5 Å². The number of benzene rings is 2. The fourth-order valence-electron chi connectivity index (χ4n) is 3.41. The molecule has 0 atom stereocenters. The summed E-state index contributed by atoms with van der Waals surface area (Å²) in [5, 5.41) is 0.577. The lowest BCUT2D eigenvalue weighted by atomic mass is 10.1. The zero-order valence-corrected chi connectivity index (χ0v) is 17.0. The van der Waals surface area contributed by atoms with E-state index in [2.05, 4.69) is 15.9 Å². The van der Waals surface area contributed by atoms with E-state index in [1.165, 1.54) is 0 Å². The molecule has 1 fully saturated rings. The zero-order valence-electron chi connectivity index (χ0n) is 14.6. The van der Waals surface area contributed by atoms with Crippen LogP contribution in [0.3, 0.4) is 0 Å². The highest BCUT2D eigenvalue weighted by atomic mass is 79.9. The highest BCUT2D eigenvalue weighted by Crippen LogP contribution is 2.46. The first-order chi connectivity index (χ1) is 13.1. The third-order valence-corrected chi connectivity index (χ3v) is 5.46. The number of ether oxygens (including phenoxy) is 3. The van der Waals surface area contributed by atoms with Crippen LogP contribution in [0.1, 0.15) is 18.4 Å². The van der Waals surface area contributed by atoms with E-state index in [0.717, 1.165) is 22.1 Å². The minimum Gasteiger partial charge on any atom is -0.492 e. The Balaban J connectivity index is 1.48. The van der Waals surface area contributed by atoms with E-state index in [-0.39, 0.29) is 5.91 Å². The number of rotatable bonds is 5. The van der Waals surface area contributed by atoms with Crippen LogP contribution in [0.4, 0.5) is 5.69 Å². The van der Waals surface area contributed by atoms with E-state index in [1.54, 1.807) is 11.0 Å². The molecule has 5 nitrogen and oxygen atoms in total. The molecule has 2 aromatic rings. The third-order valence-electron chi connectivity index (χ3n) is 4.65. The van der Waals surface area contributed by atoms with Crippen molar-refractivity contribution in [1.82, 2.24) is 0 Å². The van der Waals surface area contributed by atoms with E-state index in [1.807, 2.05) is 36.4 Å². The summed E-state index contributed by atoms with van der Waals surface area (Å²) in [7, 11) is 0. The van der Waals surface area contributed by atoms with E-state index in [4.69, 9.17) is 25.8 Å². The lowest BCUT2D eigenvalue weighted by molar-refractivity contribution is -0.256. The van der Waals surface area contributed by atoms with Gasteiger partial charge < -0.3 is 19.1 Å². The molecule has 0 N–H and O–H groups in total. The lowest BCUT2D eigenvalue weighted by Gasteiger charge is -2.32. The third kappa shape index (κ3) is 3.47. The van der Waals surface area contributed by atoms with Crippen molar-refractivity contribution < 1.29 is 19.0 Å². The monoisotopic (exact) mass is 451 g/mol. The van der Waals surface area contributed by atoms with Gasteiger partial charge in [-0.15, -0.1) is 0 Å². The van der Waals surface area contributed by atoms with Gasteiger partial charge in [-0.3, -0.25) is 4.79 Å². The fourth-order valence-corrected chi connectivity index (χ4v) is 3.96. The standard InChI is InChI=1S/C20H19BrClNO4/c21-14-7-8-17-15(13-14)20(26-11-4-12-27-20)19(24)23(17)9-3-10-25-18-6-2-1-5-16(18)22/h1-2,5-8,13H,3-4,9-12H2. The number of para-hydroxylation sites is 1. The number of anilines is 1. The number of carbonyl (C=O) groups is 1. The molecule has 1 amide bonds. The SMILES string of the molecule is O=C1N(CCCOc2ccccc2Cl)c2ccc(Br)cc2C12OCCCO2. The number of nitrogens with zero attached hydrogens (tertiary/aromatic N) is 1. The van der Waals surface area contributed by atoms with Gasteiger partial charge in [0, 0.05) is 16.6 Å². The first-order valence-corrected chi connectivity index (χ1v) is 10.1. The minimum atomic E-state index is -1.32. The number of carbonyl (C=O) groups excluding carboxylic acids is 1. The number of amides is 1. The molecule has 1 saturated heterocycles. The number of fused-ring (bicyclic) bond motifs is 2. The molecule has 1 spiro atoms. The highest BCUT2D eigenvalue weighted by Gasteiger charge is 2.54. The summed E-state index contributed by atoms with van der Waals surface area (Å²) in [6.45, 7) is 1.96. The molecule has 2 aromatic carbocycles. The van der Waals surface area contributed by atoms with Crippen LogP contribution in [0.5, 0.6) is 5.75 Å². The number of hydrogen-bond acceptors (Lipinski definition) is 4. The van der Waals surface area contributed by atoms with Gasteiger partial charge in [0.2, 0.25) is 0 Å². The molecule has 2 aliphatic heterocycles. The molecule has 142 valence electrons. The maximum Gasteiger partial charge on any atom is 0.292 e. The van der Waals surface area contributed by atoms with Gasteiger partial charge in [-0.25, -0.2) is 0 Å². The maximum atomic E-state index is 13.2. The van der Waals surface area contributed by atoms with E-state index < -0.39 is 5.79 Å². The van der Waals surface area contributed by atoms with Crippen molar-refractivity contribution in [2.75, 3.05) is 31.3 Å². The number of hydrogen-bond donors (Lipinski definition) is 0. The molecule has 0 saturated carbocycles. The maximum absolute atomic E-state index is 13.2. The van der Waals surface area contributed by atoms with Crippen LogP contribution in [0, 0.1) is 0 Å². The zero-order chi connectivity index (χ0) is 18.9. The lowest BCUT2D eigenvalue weighted by Crippen LogP contribution is -2.47. The summed E-state index contributed by atoms with van der Waals surface area (Å²) in [5.41, 5.74) is 1.58. The van der Waals surface area contributed by atoms with Gasteiger partial charge in [0.1, 0.15) is 5.75 Å². The Morgan fingerprint density at radius 2 is 1.96 bits per heavy atom. The van der Waals surface area contributed by atoms with Gasteiger partial charge in [0.25, 0.3) is 11.7 Å². The van der Waals surface area contributed by atoms with Crippen molar-refractivity contribution in [3.05, 3.63) is 57.5 Å². The first kappa shape index (κ1) is 18.7. The summed E-state index contributed by atoms with van der Waals surface area (Å²) in [6, 6.07) is 13.1. The van der Waals surface area contributed by atoms with E-state index in [0.29, 0.717) is 43.6 Å². The predicted molar refractivity (Wildman–Crippen MR) is 106 cm³/mol. The summed E-state index contributed by atoms with van der Waals surface area (Å²) in [4.78, 5) is 14.9. The first-order valence-electron chi connectivity index (χ1n) is 8.89. The van der Waals surface area contributed by atoms with Crippen molar-refractivity contribution >= 4 is 39.1 Å². The Kier molecular flexibility index (Phi) is 5.41. The molecule has 4 rings (SSSR count). The van der Waals surface area contributed by atoms with Crippen LogP contribution < -0.4 is 9.64 Å². The van der Waals surface area contributed by atoms with Crippen LogP contribution in [0.25, 0.3) is 0 Å². The van der Waals surface area contributed by atoms with Crippen LogP contribution in [0.2, 0.25) is 5.02 Å². The second-order valence-electron chi connectivity index (χ2n) is 6.42. The predicted octanol–water partition coefficient (Wildman–Crippen LogP) is 4.51. The quantitative estimate of drug-likeness (QED) is 0.626. The second-order valence-corrected chi connectivity index (χ2v) is 7.74. The second kappa shape index (κ2) is 7.80. The Hall–Kier alpha value is -1.60. The van der Waals surface area contributed by atoms with Crippen molar-refractivity contribution in [2.24, 2.45) is 0 Å². The molecule has 0 aliphatic carbocycles. The van der Waals surface area contributed by atoms with Crippen LogP contribution in [-0.4, -0.2) is 32.3 Å². The van der Waals surface area contributed by atoms with Gasteiger partial charge >= 0.3 is 0 Å². The summed E-state index contributed by atoms with van der Waals surface area (Å²) < 4.78 is 18.3. The molecule has 27 heavy (non-hydrogen) atoms. The highest BCUT2D eigenvalue weighted by molar-refractivity contribution is 9.10. The molecule has 0 aromatic heterocycles. The Morgan fingerprint density at radius 1 is 1.19 bits per heavy atom. The molecular weight excluding hydrogens is 434 g/mol. The molecular formula is C20H19BrClNO4. The van der Waals surface area contributed by atoms with Gasteiger partial charge in [-0.1, -0.05) is 39.7 Å². The normalized spacial score (nSPS) is 18.0. The Labute approximate surface area is 171 Å².